The smallest absolute Gasteiger partial charge is 0.216 e. The Morgan fingerprint density at radius 2 is 1.39 bits per heavy atom. The maximum Gasteiger partial charge on any atom is 0.216 e. The second-order valence-corrected chi connectivity index (χ2v) is 6.07. The standard InChI is InChI=1S/C22H16N6/c23-14-20(22-25-27-28-26-22)15-24-21-12-10-19(11-13-21)18-8-6-17(7-9-18)16-4-2-1-3-5-16/h1-13,15,24H,(H,25,26,27,28). The number of nitrogens with one attached hydrogen (secondary N) is 2. The number of benzene rings is 3. The summed E-state index contributed by atoms with van der Waals surface area (Å²) in [7, 11) is 0. The third kappa shape index (κ3) is 3.79. The molecule has 3 aromatic carbocycles. The number of nitrogens with zero attached hydrogens (tertiary/aromatic N) is 4. The first-order valence-electron chi connectivity index (χ1n) is 8.70. The van der Waals surface area contributed by atoms with Crippen LogP contribution in [0.5, 0.6) is 0 Å². The van der Waals surface area contributed by atoms with Crippen LogP contribution in [0.25, 0.3) is 27.8 Å². The van der Waals surface area contributed by atoms with Crippen LogP contribution >= 0.6 is 0 Å². The summed E-state index contributed by atoms with van der Waals surface area (Å²) in [5.74, 6) is 0.255. The lowest BCUT2D eigenvalue weighted by Crippen LogP contribution is -1.93. The highest BCUT2D eigenvalue weighted by molar-refractivity contribution is 5.75. The molecule has 0 saturated heterocycles. The summed E-state index contributed by atoms with van der Waals surface area (Å²) in [6.45, 7) is 0. The van der Waals surface area contributed by atoms with Gasteiger partial charge in [-0.3, -0.25) is 0 Å². The van der Waals surface area contributed by atoms with E-state index in [1.807, 2.05) is 48.5 Å². The van der Waals surface area contributed by atoms with E-state index in [9.17, 15) is 5.26 Å². The van der Waals surface area contributed by atoms with Crippen LogP contribution in [-0.2, 0) is 0 Å². The normalized spacial score (nSPS) is 11.0. The molecule has 6 heteroatoms. The van der Waals surface area contributed by atoms with Crippen molar-refractivity contribution in [3.8, 4) is 28.3 Å². The van der Waals surface area contributed by atoms with Crippen LogP contribution in [0.3, 0.4) is 0 Å². The number of anilines is 1. The molecule has 0 saturated carbocycles. The predicted octanol–water partition coefficient (Wildman–Crippen LogP) is 4.51. The van der Waals surface area contributed by atoms with Gasteiger partial charge in [0.15, 0.2) is 0 Å². The van der Waals surface area contributed by atoms with Crippen LogP contribution in [0.4, 0.5) is 5.69 Å². The molecule has 0 amide bonds. The van der Waals surface area contributed by atoms with E-state index < -0.39 is 0 Å². The minimum absolute atomic E-state index is 0.255. The van der Waals surface area contributed by atoms with Gasteiger partial charge in [-0.05, 0) is 39.6 Å². The van der Waals surface area contributed by atoms with Gasteiger partial charge in [0.2, 0.25) is 5.82 Å². The van der Waals surface area contributed by atoms with Gasteiger partial charge < -0.3 is 5.32 Å². The maximum absolute atomic E-state index is 9.19. The van der Waals surface area contributed by atoms with Gasteiger partial charge in [0.1, 0.15) is 11.6 Å². The van der Waals surface area contributed by atoms with Crippen LogP contribution < -0.4 is 5.32 Å². The maximum atomic E-state index is 9.19. The molecule has 28 heavy (non-hydrogen) atoms. The summed E-state index contributed by atoms with van der Waals surface area (Å²) in [6.07, 6.45) is 1.56. The highest BCUT2D eigenvalue weighted by Gasteiger charge is 2.05. The summed E-state index contributed by atoms with van der Waals surface area (Å²) in [6, 6.07) is 28.8. The Labute approximate surface area is 162 Å². The van der Waals surface area contributed by atoms with Gasteiger partial charge in [-0.25, -0.2) is 0 Å². The number of tetrazole rings is 1. The van der Waals surface area contributed by atoms with E-state index in [2.05, 4.69) is 62.3 Å². The lowest BCUT2D eigenvalue weighted by molar-refractivity contribution is 0.881. The number of hydrogen-bond donors (Lipinski definition) is 2. The highest BCUT2D eigenvalue weighted by Crippen LogP contribution is 2.26. The number of allylic oxidation sites excluding steroid dienone is 1. The summed E-state index contributed by atoms with van der Waals surface area (Å²) < 4.78 is 0. The quantitative estimate of drug-likeness (QED) is 0.509. The summed E-state index contributed by atoms with van der Waals surface area (Å²) in [4.78, 5) is 0. The van der Waals surface area contributed by atoms with Crippen LogP contribution in [-0.4, -0.2) is 20.6 Å². The Balaban J connectivity index is 1.48. The van der Waals surface area contributed by atoms with Crippen molar-refractivity contribution in [3.05, 3.63) is 90.9 Å². The van der Waals surface area contributed by atoms with Crippen LogP contribution in [0, 0.1) is 11.3 Å². The monoisotopic (exact) mass is 364 g/mol. The molecule has 0 atom stereocenters. The molecule has 4 rings (SSSR count). The van der Waals surface area contributed by atoms with Gasteiger partial charge in [0, 0.05) is 11.9 Å². The second kappa shape index (κ2) is 7.98. The van der Waals surface area contributed by atoms with Gasteiger partial charge in [0.25, 0.3) is 0 Å². The van der Waals surface area contributed by atoms with Crippen LogP contribution in [0.2, 0.25) is 0 Å². The van der Waals surface area contributed by atoms with Gasteiger partial charge in [-0.1, -0.05) is 66.7 Å². The Morgan fingerprint density at radius 1 is 0.821 bits per heavy atom. The second-order valence-electron chi connectivity index (χ2n) is 6.07. The van der Waals surface area contributed by atoms with E-state index in [1.165, 1.54) is 11.1 Å². The molecule has 0 bridgehead atoms. The summed E-state index contributed by atoms with van der Waals surface area (Å²) >= 11 is 0. The van der Waals surface area contributed by atoms with Gasteiger partial charge in [0.05, 0.1) is 0 Å². The SMILES string of the molecule is N#CC(=CNc1ccc(-c2ccc(-c3ccccc3)cc2)cc1)c1nn[nH]n1. The van der Waals surface area contributed by atoms with Crippen molar-refractivity contribution in [1.82, 2.24) is 20.6 Å². The number of rotatable bonds is 5. The number of aromatic amines is 1. The average molecular weight is 364 g/mol. The molecule has 134 valence electrons. The van der Waals surface area contributed by atoms with E-state index in [-0.39, 0.29) is 5.82 Å². The Hall–Kier alpha value is -4.24. The Bertz CT molecular complexity index is 1110. The largest absolute Gasteiger partial charge is 0.360 e. The Kier molecular flexibility index (Phi) is 4.90. The highest BCUT2D eigenvalue weighted by atomic mass is 15.5. The van der Waals surface area contributed by atoms with Crippen molar-refractivity contribution in [2.75, 3.05) is 5.32 Å². The molecule has 0 aliphatic rings. The summed E-state index contributed by atoms with van der Waals surface area (Å²) in [5.41, 5.74) is 5.82. The molecule has 2 N–H and O–H groups in total. The molecule has 6 nitrogen and oxygen atoms in total. The lowest BCUT2D eigenvalue weighted by atomic mass is 10.0. The molecule has 4 aromatic rings. The fourth-order valence-electron chi connectivity index (χ4n) is 2.82. The van der Waals surface area contributed by atoms with Crippen molar-refractivity contribution in [2.45, 2.75) is 0 Å². The summed E-state index contributed by atoms with van der Waals surface area (Å²) in [5, 5.41) is 25.7. The minimum atomic E-state index is 0.255. The Morgan fingerprint density at radius 3 is 1.93 bits per heavy atom. The van der Waals surface area contributed by atoms with E-state index in [0.717, 1.165) is 16.8 Å². The van der Waals surface area contributed by atoms with E-state index in [1.54, 1.807) is 6.20 Å². The van der Waals surface area contributed by atoms with Crippen molar-refractivity contribution in [2.24, 2.45) is 0 Å². The molecular weight excluding hydrogens is 348 g/mol. The zero-order chi connectivity index (χ0) is 19.2. The molecule has 0 aliphatic heterocycles. The van der Waals surface area contributed by atoms with Crippen LogP contribution in [0.15, 0.2) is 85.1 Å². The molecule has 1 heterocycles. The van der Waals surface area contributed by atoms with E-state index in [4.69, 9.17) is 0 Å². The lowest BCUT2D eigenvalue weighted by Gasteiger charge is -2.07. The molecular formula is C22H16N6. The molecule has 0 radical (unpaired) electrons. The van der Waals surface area contributed by atoms with E-state index >= 15 is 0 Å². The zero-order valence-corrected chi connectivity index (χ0v) is 14.9. The van der Waals surface area contributed by atoms with Crippen molar-refractivity contribution in [3.63, 3.8) is 0 Å². The number of aromatic nitrogens is 4. The predicted molar refractivity (Wildman–Crippen MR) is 109 cm³/mol. The van der Waals surface area contributed by atoms with E-state index in [0.29, 0.717) is 5.57 Å². The van der Waals surface area contributed by atoms with Crippen molar-refractivity contribution in [1.29, 1.82) is 5.26 Å². The fraction of sp³-hybridized carbons (Fsp3) is 0. The number of nitriles is 1. The zero-order valence-electron chi connectivity index (χ0n) is 14.9. The first-order valence-corrected chi connectivity index (χ1v) is 8.70. The topological polar surface area (TPSA) is 90.3 Å². The molecule has 0 unspecified atom stereocenters. The molecule has 0 spiro atoms. The molecule has 1 aromatic heterocycles. The van der Waals surface area contributed by atoms with Crippen LogP contribution in [0.1, 0.15) is 5.82 Å². The third-order valence-corrected chi connectivity index (χ3v) is 4.30. The van der Waals surface area contributed by atoms with Gasteiger partial charge in [-0.2, -0.15) is 10.5 Å². The number of hydrogen-bond acceptors (Lipinski definition) is 5. The first-order chi connectivity index (χ1) is 13.8. The average Bonchev–Trinajstić information content (AvgIpc) is 3.30. The van der Waals surface area contributed by atoms with Gasteiger partial charge >= 0.3 is 0 Å². The fourth-order valence-corrected chi connectivity index (χ4v) is 2.82. The van der Waals surface area contributed by atoms with Crippen molar-refractivity contribution < 1.29 is 0 Å². The number of H-pyrrole nitrogens is 1. The molecule has 0 aliphatic carbocycles. The minimum Gasteiger partial charge on any atom is -0.360 e. The first kappa shape index (κ1) is 17.2. The van der Waals surface area contributed by atoms with Gasteiger partial charge in [-0.15, -0.1) is 10.2 Å². The molecule has 0 fully saturated rings. The van der Waals surface area contributed by atoms with Crippen molar-refractivity contribution >= 4 is 11.3 Å². The third-order valence-electron chi connectivity index (χ3n) is 4.30.